The van der Waals surface area contributed by atoms with Crippen LogP contribution in [0.25, 0.3) is 0 Å². The van der Waals surface area contributed by atoms with E-state index in [4.69, 9.17) is 0 Å². The van der Waals surface area contributed by atoms with Crippen LogP contribution >= 0.6 is 0 Å². The number of halogens is 1. The molecule has 0 N–H and O–H groups in total. The first kappa shape index (κ1) is 19.8. The molecule has 3 heterocycles. The molecule has 7 nitrogen and oxygen atoms in total. The Morgan fingerprint density at radius 3 is 2.62 bits per heavy atom. The van der Waals surface area contributed by atoms with E-state index in [2.05, 4.69) is 11.8 Å². The van der Waals surface area contributed by atoms with Crippen LogP contribution in [-0.4, -0.2) is 84.3 Å². The Balaban J connectivity index is 1.57. The molecule has 0 bridgehead atoms. The highest BCUT2D eigenvalue weighted by atomic mass is 19.1. The third-order valence-corrected chi connectivity index (χ3v) is 6.10. The second-order valence-corrected chi connectivity index (χ2v) is 7.96. The summed E-state index contributed by atoms with van der Waals surface area (Å²) in [6.45, 7) is 6.42. The summed E-state index contributed by atoms with van der Waals surface area (Å²) in [7, 11) is 0. The SMILES string of the molecule is CCCN1CCN(C(=O)CN2C(=O)C3CCCN3C(=O)c3cc(F)ccc32)CC1. The van der Waals surface area contributed by atoms with Gasteiger partial charge in [-0.05, 0) is 44.0 Å². The highest BCUT2D eigenvalue weighted by molar-refractivity contribution is 6.12. The number of fused-ring (bicyclic) bond motifs is 2. The summed E-state index contributed by atoms with van der Waals surface area (Å²) < 4.78 is 13.9. The third kappa shape index (κ3) is 3.73. The number of benzene rings is 1. The number of amides is 3. The fourth-order valence-electron chi connectivity index (χ4n) is 4.57. The summed E-state index contributed by atoms with van der Waals surface area (Å²) in [6.07, 6.45) is 2.38. The van der Waals surface area contributed by atoms with Crippen molar-refractivity contribution >= 4 is 23.4 Å². The van der Waals surface area contributed by atoms with Gasteiger partial charge in [0.05, 0.1) is 11.3 Å². The van der Waals surface area contributed by atoms with E-state index in [1.807, 2.05) is 0 Å². The quantitative estimate of drug-likeness (QED) is 0.762. The van der Waals surface area contributed by atoms with E-state index >= 15 is 0 Å². The van der Waals surface area contributed by atoms with Gasteiger partial charge in [0.1, 0.15) is 18.4 Å². The zero-order valence-electron chi connectivity index (χ0n) is 16.8. The van der Waals surface area contributed by atoms with E-state index < -0.39 is 11.9 Å². The van der Waals surface area contributed by atoms with Crippen molar-refractivity contribution in [1.82, 2.24) is 14.7 Å². The van der Waals surface area contributed by atoms with Crippen molar-refractivity contribution in [2.75, 3.05) is 50.7 Å². The molecular weight excluding hydrogens is 375 g/mol. The van der Waals surface area contributed by atoms with Gasteiger partial charge in [0.25, 0.3) is 5.91 Å². The molecule has 0 radical (unpaired) electrons. The van der Waals surface area contributed by atoms with Gasteiger partial charge < -0.3 is 14.7 Å². The van der Waals surface area contributed by atoms with E-state index in [9.17, 15) is 18.8 Å². The first-order valence-corrected chi connectivity index (χ1v) is 10.4. The lowest BCUT2D eigenvalue weighted by Crippen LogP contribution is -2.53. The van der Waals surface area contributed by atoms with Crippen LogP contribution in [0.2, 0.25) is 0 Å². The van der Waals surface area contributed by atoms with Crippen LogP contribution in [0.4, 0.5) is 10.1 Å². The number of hydrogen-bond acceptors (Lipinski definition) is 4. The summed E-state index contributed by atoms with van der Waals surface area (Å²) in [5, 5.41) is 0. The van der Waals surface area contributed by atoms with Crippen molar-refractivity contribution in [3.8, 4) is 0 Å². The molecule has 2 fully saturated rings. The van der Waals surface area contributed by atoms with E-state index in [0.717, 1.165) is 32.5 Å². The average Bonchev–Trinajstić information content (AvgIpc) is 3.19. The zero-order chi connectivity index (χ0) is 20.5. The Morgan fingerprint density at radius 1 is 1.14 bits per heavy atom. The number of hydrogen-bond donors (Lipinski definition) is 0. The molecule has 4 rings (SSSR count). The Labute approximate surface area is 170 Å². The smallest absolute Gasteiger partial charge is 0.256 e. The molecule has 2 saturated heterocycles. The topological polar surface area (TPSA) is 64.2 Å². The van der Waals surface area contributed by atoms with Gasteiger partial charge in [-0.3, -0.25) is 19.3 Å². The lowest BCUT2D eigenvalue weighted by molar-refractivity contribution is -0.133. The molecule has 156 valence electrons. The van der Waals surface area contributed by atoms with Crippen molar-refractivity contribution < 1.29 is 18.8 Å². The lowest BCUT2D eigenvalue weighted by Gasteiger charge is -2.36. The van der Waals surface area contributed by atoms with Gasteiger partial charge in [0.15, 0.2) is 0 Å². The predicted octanol–water partition coefficient (Wildman–Crippen LogP) is 1.33. The Kier molecular flexibility index (Phi) is 5.54. The molecule has 8 heteroatoms. The van der Waals surface area contributed by atoms with Gasteiger partial charge in [-0.15, -0.1) is 0 Å². The molecule has 1 aromatic rings. The van der Waals surface area contributed by atoms with Crippen molar-refractivity contribution in [2.45, 2.75) is 32.2 Å². The van der Waals surface area contributed by atoms with E-state index in [1.54, 1.807) is 4.90 Å². The van der Waals surface area contributed by atoms with E-state index in [-0.39, 0.29) is 29.8 Å². The largest absolute Gasteiger partial charge is 0.339 e. The Hall–Kier alpha value is -2.48. The normalized spacial score (nSPS) is 22.6. The molecule has 0 spiro atoms. The number of carbonyl (C=O) groups excluding carboxylic acids is 3. The molecule has 3 aliphatic rings. The van der Waals surface area contributed by atoms with Crippen molar-refractivity contribution in [3.63, 3.8) is 0 Å². The van der Waals surface area contributed by atoms with Gasteiger partial charge in [-0.1, -0.05) is 6.92 Å². The maximum absolute atomic E-state index is 13.9. The molecule has 29 heavy (non-hydrogen) atoms. The predicted molar refractivity (Wildman–Crippen MR) is 106 cm³/mol. The molecule has 0 aliphatic carbocycles. The van der Waals surface area contributed by atoms with Gasteiger partial charge in [-0.25, -0.2) is 4.39 Å². The number of nitrogens with zero attached hydrogens (tertiary/aromatic N) is 4. The maximum atomic E-state index is 13.9. The minimum atomic E-state index is -0.577. The summed E-state index contributed by atoms with van der Waals surface area (Å²) >= 11 is 0. The summed E-state index contributed by atoms with van der Waals surface area (Å²) in [6, 6.07) is 3.27. The summed E-state index contributed by atoms with van der Waals surface area (Å²) in [5.41, 5.74) is 0.483. The van der Waals surface area contributed by atoms with Crippen molar-refractivity contribution in [2.24, 2.45) is 0 Å². The van der Waals surface area contributed by atoms with Crippen LogP contribution in [0.15, 0.2) is 18.2 Å². The standard InChI is InChI=1S/C21H27FN4O3/c1-2-7-23-9-11-24(12-10-23)19(27)14-26-17-6-5-15(22)13-16(17)20(28)25-8-3-4-18(25)21(26)29/h5-6,13,18H,2-4,7-12,14H2,1H3. The monoisotopic (exact) mass is 402 g/mol. The zero-order valence-corrected chi connectivity index (χ0v) is 16.8. The Bertz CT molecular complexity index is 822. The second-order valence-electron chi connectivity index (χ2n) is 7.96. The van der Waals surface area contributed by atoms with E-state index in [0.29, 0.717) is 31.7 Å². The first-order valence-electron chi connectivity index (χ1n) is 10.4. The van der Waals surface area contributed by atoms with Crippen LogP contribution in [0.5, 0.6) is 0 Å². The number of carbonyl (C=O) groups is 3. The van der Waals surface area contributed by atoms with Gasteiger partial charge in [0.2, 0.25) is 11.8 Å². The number of piperazine rings is 1. The number of anilines is 1. The minimum Gasteiger partial charge on any atom is -0.339 e. The van der Waals surface area contributed by atoms with Gasteiger partial charge in [0, 0.05) is 32.7 Å². The molecule has 1 unspecified atom stereocenters. The number of rotatable bonds is 4. The molecule has 1 atom stereocenters. The average molecular weight is 402 g/mol. The molecule has 0 aromatic heterocycles. The van der Waals surface area contributed by atoms with Crippen LogP contribution in [0.1, 0.15) is 36.5 Å². The summed E-state index contributed by atoms with van der Waals surface area (Å²) in [4.78, 5) is 46.2. The fourth-order valence-corrected chi connectivity index (χ4v) is 4.57. The van der Waals surface area contributed by atoms with Crippen LogP contribution in [0, 0.1) is 5.82 Å². The Morgan fingerprint density at radius 2 is 1.90 bits per heavy atom. The molecule has 3 amide bonds. The summed E-state index contributed by atoms with van der Waals surface area (Å²) in [5.74, 6) is -1.25. The van der Waals surface area contributed by atoms with Crippen molar-refractivity contribution in [1.29, 1.82) is 0 Å². The maximum Gasteiger partial charge on any atom is 0.256 e. The minimum absolute atomic E-state index is 0.122. The molecular formula is C21H27FN4O3. The van der Waals surface area contributed by atoms with Crippen molar-refractivity contribution in [3.05, 3.63) is 29.6 Å². The second kappa shape index (κ2) is 8.10. The van der Waals surface area contributed by atoms with E-state index in [1.165, 1.54) is 28.0 Å². The third-order valence-electron chi connectivity index (χ3n) is 6.10. The molecule has 1 aromatic carbocycles. The highest BCUT2D eigenvalue weighted by Gasteiger charge is 2.43. The van der Waals surface area contributed by atoms with Crippen LogP contribution in [-0.2, 0) is 9.59 Å². The first-order chi connectivity index (χ1) is 14.0. The van der Waals surface area contributed by atoms with Gasteiger partial charge >= 0.3 is 0 Å². The molecule has 0 saturated carbocycles. The lowest BCUT2D eigenvalue weighted by atomic mass is 10.1. The van der Waals surface area contributed by atoms with Crippen LogP contribution in [0.3, 0.4) is 0 Å². The molecule has 3 aliphatic heterocycles. The fraction of sp³-hybridized carbons (Fsp3) is 0.571. The van der Waals surface area contributed by atoms with Crippen LogP contribution < -0.4 is 4.90 Å². The highest BCUT2D eigenvalue weighted by Crippen LogP contribution is 2.33. The van der Waals surface area contributed by atoms with Gasteiger partial charge in [-0.2, -0.15) is 0 Å².